The summed E-state index contributed by atoms with van der Waals surface area (Å²) < 4.78 is 0. The first-order valence-electron chi connectivity index (χ1n) is 17.0. The molecule has 2 aromatic heterocycles. The number of pyridine rings is 1. The molecule has 9 nitrogen and oxygen atoms in total. The number of piperazine rings is 1. The molecule has 10 heteroatoms. The normalized spacial score (nSPS) is 16.3. The fourth-order valence-electron chi connectivity index (χ4n) is 7.45. The molecular formula is C36H52N8OSi. The van der Waals surface area contributed by atoms with Crippen molar-refractivity contribution < 1.29 is 4.79 Å². The van der Waals surface area contributed by atoms with Crippen LogP contribution in [0.4, 0.5) is 27.9 Å². The minimum Gasteiger partial charge on any atom is -0.369 e. The van der Waals surface area contributed by atoms with Gasteiger partial charge in [0.1, 0.15) is 13.9 Å². The molecule has 3 heterocycles. The van der Waals surface area contributed by atoms with Gasteiger partial charge in [-0.3, -0.25) is 5.32 Å². The van der Waals surface area contributed by atoms with Crippen molar-refractivity contribution in [2.75, 3.05) is 55.8 Å². The zero-order chi connectivity index (χ0) is 33.0. The fraction of sp³-hybridized carbons (Fsp3) is 0.556. The number of likely N-dealkylation sites (N-methyl/N-ethyl adjacent to an activating group) is 1. The van der Waals surface area contributed by atoms with E-state index in [0.717, 1.165) is 68.5 Å². The molecule has 1 saturated carbocycles. The summed E-state index contributed by atoms with van der Waals surface area (Å²) in [6.07, 6.45) is 6.21. The number of aromatic nitrogens is 3. The zero-order valence-electron chi connectivity index (χ0n) is 29.0. The molecular weight excluding hydrogens is 589 g/mol. The number of carbonyl (C=O) groups excluding carboxylic acids is 1. The van der Waals surface area contributed by atoms with Gasteiger partial charge in [-0.2, -0.15) is 4.98 Å². The van der Waals surface area contributed by atoms with Crippen molar-refractivity contribution in [3.8, 4) is 11.5 Å². The maximum atomic E-state index is 13.3. The summed E-state index contributed by atoms with van der Waals surface area (Å²) in [5.41, 5.74) is 8.76. The van der Waals surface area contributed by atoms with E-state index in [2.05, 4.69) is 110 Å². The Kier molecular flexibility index (Phi) is 10.5. The maximum absolute atomic E-state index is 13.3. The van der Waals surface area contributed by atoms with E-state index in [4.69, 9.17) is 9.97 Å². The standard InChI is InChI=1S/C36H52N8OSi/c1-25(2)46(26(3)4,27(5)6)22-17-28-23-33(40-36(45)43(8)30-11-9-10-12-30)39-34-32(28)24-37-35(41-34)38-29-13-15-31(16-14-29)44-20-18-42(7)19-21-44/h13-16,23-27,30H,9-12,18-21H2,1-8H3,(H2,37,38,39,40,41,45). The lowest BCUT2D eigenvalue weighted by Gasteiger charge is -2.38. The Hall–Kier alpha value is -3.68. The first-order valence-corrected chi connectivity index (χ1v) is 19.3. The van der Waals surface area contributed by atoms with Crippen LogP contribution in [0.1, 0.15) is 72.8 Å². The lowest BCUT2D eigenvalue weighted by atomic mass is 10.2. The van der Waals surface area contributed by atoms with Crippen molar-refractivity contribution in [1.29, 1.82) is 0 Å². The molecule has 1 saturated heterocycles. The first kappa shape index (κ1) is 33.7. The number of carbonyl (C=O) groups is 1. The molecule has 46 heavy (non-hydrogen) atoms. The molecule has 0 radical (unpaired) electrons. The molecule has 0 atom stereocenters. The lowest BCUT2D eigenvalue weighted by molar-refractivity contribution is 0.204. The molecule has 2 fully saturated rings. The summed E-state index contributed by atoms with van der Waals surface area (Å²) >= 11 is 0. The van der Waals surface area contributed by atoms with E-state index in [9.17, 15) is 4.79 Å². The van der Waals surface area contributed by atoms with Crippen molar-refractivity contribution >= 4 is 48.3 Å². The van der Waals surface area contributed by atoms with Gasteiger partial charge >= 0.3 is 6.03 Å². The minimum absolute atomic E-state index is 0.152. The Morgan fingerprint density at radius 2 is 1.59 bits per heavy atom. The van der Waals surface area contributed by atoms with Crippen LogP contribution in [0.5, 0.6) is 0 Å². The monoisotopic (exact) mass is 640 g/mol. The van der Waals surface area contributed by atoms with E-state index in [1.54, 1.807) is 6.20 Å². The number of urea groups is 1. The number of anilines is 4. The van der Waals surface area contributed by atoms with Gasteiger partial charge in [-0.25, -0.2) is 14.8 Å². The summed E-state index contributed by atoms with van der Waals surface area (Å²) in [4.78, 5) is 34.2. The van der Waals surface area contributed by atoms with E-state index in [0.29, 0.717) is 34.0 Å². The lowest BCUT2D eigenvalue weighted by Crippen LogP contribution is -2.44. The van der Waals surface area contributed by atoms with Crippen LogP contribution in [0.15, 0.2) is 36.5 Å². The summed E-state index contributed by atoms with van der Waals surface area (Å²) in [6, 6.07) is 10.4. The molecule has 0 bridgehead atoms. The second kappa shape index (κ2) is 14.4. The highest BCUT2D eigenvalue weighted by molar-refractivity contribution is 6.90. The quantitative estimate of drug-likeness (QED) is 0.195. The number of nitrogens with zero attached hydrogens (tertiary/aromatic N) is 6. The van der Waals surface area contributed by atoms with Crippen molar-refractivity contribution in [2.24, 2.45) is 0 Å². The van der Waals surface area contributed by atoms with E-state index >= 15 is 0 Å². The third-order valence-corrected chi connectivity index (χ3v) is 16.6. The van der Waals surface area contributed by atoms with Crippen molar-refractivity contribution in [1.82, 2.24) is 24.8 Å². The molecule has 246 valence electrons. The van der Waals surface area contributed by atoms with E-state index in [1.165, 1.54) is 5.69 Å². The van der Waals surface area contributed by atoms with Gasteiger partial charge in [-0.05, 0) is 66.8 Å². The van der Waals surface area contributed by atoms with Crippen LogP contribution in [0, 0.1) is 11.5 Å². The van der Waals surface area contributed by atoms with Gasteiger partial charge in [-0.1, -0.05) is 60.3 Å². The number of benzene rings is 1. The summed E-state index contributed by atoms with van der Waals surface area (Å²) in [5.74, 6) is 4.49. The highest BCUT2D eigenvalue weighted by atomic mass is 28.3. The number of hydrogen-bond acceptors (Lipinski definition) is 7. The molecule has 2 aliphatic rings. The van der Waals surface area contributed by atoms with Crippen LogP contribution in [0.25, 0.3) is 11.0 Å². The molecule has 0 spiro atoms. The Bertz CT molecular complexity index is 1540. The topological polar surface area (TPSA) is 89.5 Å². The predicted octanol–water partition coefficient (Wildman–Crippen LogP) is 7.50. The summed E-state index contributed by atoms with van der Waals surface area (Å²) in [5, 5.41) is 7.19. The van der Waals surface area contributed by atoms with Crippen LogP contribution in [0.2, 0.25) is 16.6 Å². The second-order valence-electron chi connectivity index (χ2n) is 14.1. The average molecular weight is 641 g/mol. The minimum atomic E-state index is -2.00. The number of rotatable bonds is 8. The van der Waals surface area contributed by atoms with Crippen molar-refractivity contribution in [3.05, 3.63) is 42.1 Å². The Morgan fingerprint density at radius 3 is 2.20 bits per heavy atom. The molecule has 3 aromatic rings. The van der Waals surface area contributed by atoms with Crippen molar-refractivity contribution in [2.45, 2.75) is 89.9 Å². The third-order valence-electron chi connectivity index (χ3n) is 10.3. The average Bonchev–Trinajstić information content (AvgIpc) is 3.56. The van der Waals surface area contributed by atoms with Gasteiger partial charge in [0, 0.05) is 62.4 Å². The number of amides is 2. The SMILES string of the molecule is CC(C)[Si](C#Cc1cc(NC(=O)N(C)C2CCCC2)nc2nc(Nc3ccc(N4CCN(C)CC4)cc3)ncc12)(C(C)C)C(C)C. The van der Waals surface area contributed by atoms with Gasteiger partial charge in [0.2, 0.25) is 5.95 Å². The van der Waals surface area contributed by atoms with Gasteiger partial charge in [0.25, 0.3) is 0 Å². The van der Waals surface area contributed by atoms with Gasteiger partial charge in [0.15, 0.2) is 5.65 Å². The Labute approximate surface area is 276 Å². The number of nitrogens with one attached hydrogen (secondary N) is 2. The smallest absolute Gasteiger partial charge is 0.323 e. The summed E-state index contributed by atoms with van der Waals surface area (Å²) in [7, 11) is 2.04. The molecule has 5 rings (SSSR count). The molecule has 2 N–H and O–H groups in total. The van der Waals surface area contributed by atoms with Gasteiger partial charge in [0.05, 0.1) is 5.39 Å². The van der Waals surface area contributed by atoms with E-state index in [-0.39, 0.29) is 12.1 Å². The van der Waals surface area contributed by atoms with Crippen molar-refractivity contribution in [3.63, 3.8) is 0 Å². The van der Waals surface area contributed by atoms with E-state index in [1.807, 2.05) is 18.0 Å². The maximum Gasteiger partial charge on any atom is 0.323 e. The Balaban J connectivity index is 1.47. The molecule has 1 aliphatic carbocycles. The molecule has 1 aliphatic heterocycles. The van der Waals surface area contributed by atoms with Gasteiger partial charge in [-0.15, -0.1) is 5.54 Å². The van der Waals surface area contributed by atoms with Crippen LogP contribution in [-0.2, 0) is 0 Å². The van der Waals surface area contributed by atoms with Gasteiger partial charge < -0.3 is 20.0 Å². The van der Waals surface area contributed by atoms with Crippen LogP contribution < -0.4 is 15.5 Å². The summed E-state index contributed by atoms with van der Waals surface area (Å²) in [6.45, 7) is 18.1. The van der Waals surface area contributed by atoms with Crippen LogP contribution in [-0.4, -0.2) is 85.2 Å². The predicted molar refractivity (Wildman–Crippen MR) is 194 cm³/mol. The molecule has 2 amide bonds. The molecule has 1 aromatic carbocycles. The zero-order valence-corrected chi connectivity index (χ0v) is 30.0. The largest absolute Gasteiger partial charge is 0.369 e. The van der Waals surface area contributed by atoms with Crippen LogP contribution in [0.3, 0.4) is 0 Å². The highest BCUT2D eigenvalue weighted by Crippen LogP contribution is 2.41. The van der Waals surface area contributed by atoms with E-state index < -0.39 is 8.07 Å². The second-order valence-corrected chi connectivity index (χ2v) is 19.7. The fourth-order valence-corrected chi connectivity index (χ4v) is 12.7. The number of fused-ring (bicyclic) bond motifs is 1. The Morgan fingerprint density at radius 1 is 0.957 bits per heavy atom. The number of hydrogen-bond donors (Lipinski definition) is 2. The third kappa shape index (κ3) is 7.31. The molecule has 0 unspecified atom stereocenters. The first-order chi connectivity index (χ1) is 22.0. The highest BCUT2D eigenvalue weighted by Gasteiger charge is 2.41. The van der Waals surface area contributed by atoms with Crippen LogP contribution >= 0.6 is 0 Å².